The summed E-state index contributed by atoms with van der Waals surface area (Å²) in [4.78, 5) is 15.9. The Morgan fingerprint density at radius 2 is 2.06 bits per heavy atom. The number of hydrogen-bond acceptors (Lipinski definition) is 2. The van der Waals surface area contributed by atoms with Gasteiger partial charge < -0.3 is 0 Å². The second-order valence-corrected chi connectivity index (χ2v) is 4.34. The molecule has 0 N–H and O–H groups in total. The van der Waals surface area contributed by atoms with Crippen LogP contribution in [0, 0.1) is 12.7 Å². The zero-order chi connectivity index (χ0) is 13.1. The number of halogens is 1. The number of aryl methyl sites for hydroxylation is 3. The van der Waals surface area contributed by atoms with E-state index in [1.54, 1.807) is 20.0 Å². The van der Waals surface area contributed by atoms with E-state index in [2.05, 4.69) is 4.98 Å². The standard InChI is InChI=1S/C14H15FN2O/c1-10-8-14(18)17(2)13(16-10)7-6-11-4-3-5-12(15)9-11/h3-5,8-9H,6-7H2,1-2H3. The Hall–Kier alpha value is -1.97. The van der Waals surface area contributed by atoms with E-state index >= 15 is 0 Å². The lowest BCUT2D eigenvalue weighted by Gasteiger charge is -2.08. The van der Waals surface area contributed by atoms with Crippen LogP contribution >= 0.6 is 0 Å². The minimum absolute atomic E-state index is 0.0586. The quantitative estimate of drug-likeness (QED) is 0.830. The second kappa shape index (κ2) is 5.12. The van der Waals surface area contributed by atoms with Crippen molar-refractivity contribution in [3.8, 4) is 0 Å². The average Bonchev–Trinajstić information content (AvgIpc) is 2.32. The van der Waals surface area contributed by atoms with Crippen molar-refractivity contribution in [1.29, 1.82) is 0 Å². The van der Waals surface area contributed by atoms with Gasteiger partial charge in [-0.25, -0.2) is 9.37 Å². The highest BCUT2D eigenvalue weighted by molar-refractivity contribution is 5.17. The summed E-state index contributed by atoms with van der Waals surface area (Å²) in [5.74, 6) is 0.489. The molecule has 0 aliphatic rings. The smallest absolute Gasteiger partial charge is 0.253 e. The fraction of sp³-hybridized carbons (Fsp3) is 0.286. The average molecular weight is 246 g/mol. The molecule has 0 unspecified atom stereocenters. The van der Waals surface area contributed by atoms with Gasteiger partial charge in [-0.05, 0) is 31.0 Å². The summed E-state index contributed by atoms with van der Waals surface area (Å²) < 4.78 is 14.6. The maximum Gasteiger partial charge on any atom is 0.253 e. The summed E-state index contributed by atoms with van der Waals surface area (Å²) >= 11 is 0. The van der Waals surface area contributed by atoms with Gasteiger partial charge in [0.25, 0.3) is 5.56 Å². The van der Waals surface area contributed by atoms with Crippen molar-refractivity contribution >= 4 is 0 Å². The summed E-state index contributed by atoms with van der Waals surface area (Å²) in [5, 5.41) is 0. The summed E-state index contributed by atoms with van der Waals surface area (Å²) in [6.45, 7) is 1.80. The fourth-order valence-electron chi connectivity index (χ4n) is 1.89. The first-order chi connectivity index (χ1) is 8.56. The Bertz CT molecular complexity index is 619. The summed E-state index contributed by atoms with van der Waals surface area (Å²) in [7, 11) is 1.70. The molecule has 4 heteroatoms. The second-order valence-electron chi connectivity index (χ2n) is 4.34. The van der Waals surface area contributed by atoms with Crippen LogP contribution in [0.2, 0.25) is 0 Å². The fourth-order valence-corrected chi connectivity index (χ4v) is 1.89. The first-order valence-electron chi connectivity index (χ1n) is 5.84. The number of aromatic nitrogens is 2. The molecular formula is C14H15FN2O. The molecule has 1 heterocycles. The molecule has 0 aliphatic carbocycles. The van der Waals surface area contributed by atoms with Crippen molar-refractivity contribution < 1.29 is 4.39 Å². The summed E-state index contributed by atoms with van der Waals surface area (Å²) in [6.07, 6.45) is 1.29. The first-order valence-corrected chi connectivity index (χ1v) is 5.84. The zero-order valence-electron chi connectivity index (χ0n) is 10.5. The SMILES string of the molecule is Cc1cc(=O)n(C)c(CCc2cccc(F)c2)n1. The van der Waals surface area contributed by atoms with Crippen LogP contribution in [0.25, 0.3) is 0 Å². The Balaban J connectivity index is 2.18. The molecule has 0 spiro atoms. The summed E-state index contributed by atoms with van der Waals surface area (Å²) in [6, 6.07) is 7.99. The van der Waals surface area contributed by atoms with Gasteiger partial charge in [0.2, 0.25) is 0 Å². The van der Waals surface area contributed by atoms with Crippen LogP contribution in [0.4, 0.5) is 4.39 Å². The van der Waals surface area contributed by atoms with Crippen molar-refractivity contribution in [2.45, 2.75) is 19.8 Å². The van der Waals surface area contributed by atoms with Gasteiger partial charge in [0.1, 0.15) is 11.6 Å². The van der Waals surface area contributed by atoms with Gasteiger partial charge in [-0.15, -0.1) is 0 Å². The Morgan fingerprint density at radius 3 is 2.78 bits per heavy atom. The van der Waals surface area contributed by atoms with E-state index < -0.39 is 0 Å². The van der Waals surface area contributed by atoms with Crippen molar-refractivity contribution in [3.63, 3.8) is 0 Å². The molecule has 0 bridgehead atoms. The van der Waals surface area contributed by atoms with E-state index in [1.165, 1.54) is 22.8 Å². The third-order valence-electron chi connectivity index (χ3n) is 2.88. The minimum atomic E-state index is -0.237. The van der Waals surface area contributed by atoms with Crippen LogP contribution in [-0.2, 0) is 19.9 Å². The van der Waals surface area contributed by atoms with Crippen LogP contribution in [-0.4, -0.2) is 9.55 Å². The highest BCUT2D eigenvalue weighted by Gasteiger charge is 2.04. The monoisotopic (exact) mass is 246 g/mol. The van der Waals surface area contributed by atoms with Gasteiger partial charge in [0.15, 0.2) is 0 Å². The van der Waals surface area contributed by atoms with Crippen molar-refractivity contribution in [2.24, 2.45) is 7.05 Å². The molecular weight excluding hydrogens is 231 g/mol. The Morgan fingerprint density at radius 1 is 1.28 bits per heavy atom. The van der Waals surface area contributed by atoms with E-state index in [-0.39, 0.29) is 11.4 Å². The maximum absolute atomic E-state index is 13.0. The molecule has 0 aliphatic heterocycles. The molecule has 0 radical (unpaired) electrons. The number of nitrogens with zero attached hydrogens (tertiary/aromatic N) is 2. The van der Waals surface area contributed by atoms with E-state index in [1.807, 2.05) is 6.07 Å². The van der Waals surface area contributed by atoms with E-state index in [9.17, 15) is 9.18 Å². The molecule has 2 aromatic rings. The molecule has 0 saturated carbocycles. The highest BCUT2D eigenvalue weighted by Crippen LogP contribution is 2.07. The molecule has 2 rings (SSSR count). The van der Waals surface area contributed by atoms with Crippen LogP contribution in [0.3, 0.4) is 0 Å². The molecule has 1 aromatic carbocycles. The lowest BCUT2D eigenvalue weighted by atomic mass is 10.1. The van der Waals surface area contributed by atoms with Gasteiger partial charge in [0.05, 0.1) is 0 Å². The predicted octanol–water partition coefficient (Wildman–Crippen LogP) is 2.01. The number of hydrogen-bond donors (Lipinski definition) is 0. The zero-order valence-corrected chi connectivity index (χ0v) is 10.5. The minimum Gasteiger partial charge on any atom is -0.300 e. The molecule has 0 atom stereocenters. The lowest BCUT2D eigenvalue weighted by molar-refractivity contribution is 0.624. The van der Waals surface area contributed by atoms with Crippen LogP contribution in [0.1, 0.15) is 17.1 Å². The van der Waals surface area contributed by atoms with E-state index in [4.69, 9.17) is 0 Å². The molecule has 1 aromatic heterocycles. The first kappa shape index (κ1) is 12.5. The van der Waals surface area contributed by atoms with Crippen LogP contribution in [0.5, 0.6) is 0 Å². The molecule has 0 fully saturated rings. The lowest BCUT2D eigenvalue weighted by Crippen LogP contribution is -2.22. The predicted molar refractivity (Wildman–Crippen MR) is 68.0 cm³/mol. The molecule has 18 heavy (non-hydrogen) atoms. The highest BCUT2D eigenvalue weighted by atomic mass is 19.1. The molecule has 0 saturated heterocycles. The maximum atomic E-state index is 13.0. The third kappa shape index (κ3) is 2.83. The van der Waals surface area contributed by atoms with Gasteiger partial charge in [0, 0.05) is 25.2 Å². The van der Waals surface area contributed by atoms with E-state index in [0.29, 0.717) is 18.5 Å². The van der Waals surface area contributed by atoms with Crippen LogP contribution in [0.15, 0.2) is 35.1 Å². The largest absolute Gasteiger partial charge is 0.300 e. The molecule has 94 valence electrons. The van der Waals surface area contributed by atoms with Crippen molar-refractivity contribution in [2.75, 3.05) is 0 Å². The Kier molecular flexibility index (Phi) is 3.55. The van der Waals surface area contributed by atoms with Crippen LogP contribution < -0.4 is 5.56 Å². The molecule has 0 amide bonds. The van der Waals surface area contributed by atoms with Crippen molar-refractivity contribution in [1.82, 2.24) is 9.55 Å². The van der Waals surface area contributed by atoms with Gasteiger partial charge in [-0.1, -0.05) is 12.1 Å². The normalized spacial score (nSPS) is 10.6. The Labute approximate surface area is 105 Å². The van der Waals surface area contributed by atoms with Gasteiger partial charge in [-0.3, -0.25) is 9.36 Å². The topological polar surface area (TPSA) is 34.9 Å². The third-order valence-corrected chi connectivity index (χ3v) is 2.88. The van der Waals surface area contributed by atoms with Gasteiger partial charge in [-0.2, -0.15) is 0 Å². The van der Waals surface area contributed by atoms with Gasteiger partial charge >= 0.3 is 0 Å². The summed E-state index contributed by atoms with van der Waals surface area (Å²) in [5.41, 5.74) is 1.56. The van der Waals surface area contributed by atoms with E-state index in [0.717, 1.165) is 11.4 Å². The molecule has 3 nitrogen and oxygen atoms in total. The van der Waals surface area contributed by atoms with Crippen molar-refractivity contribution in [3.05, 3.63) is 63.6 Å². The number of rotatable bonds is 3. The number of benzene rings is 1.